The molecule has 0 spiro atoms. The highest BCUT2D eigenvalue weighted by Gasteiger charge is 2.33. The molecule has 10 heteroatoms. The first-order valence-electron chi connectivity index (χ1n) is 11.3. The number of para-hydroxylation sites is 1. The number of hydrogen-bond acceptors (Lipinski definition) is 4. The van der Waals surface area contributed by atoms with E-state index in [0.29, 0.717) is 54.3 Å². The van der Waals surface area contributed by atoms with Crippen LogP contribution in [-0.2, 0) is 20.6 Å². The molecule has 34 heavy (non-hydrogen) atoms. The summed E-state index contributed by atoms with van der Waals surface area (Å²) in [7, 11) is -3.69. The van der Waals surface area contributed by atoms with Gasteiger partial charge in [-0.15, -0.1) is 0 Å². The molecule has 1 fully saturated rings. The highest BCUT2D eigenvalue weighted by molar-refractivity contribution is 7.88. The van der Waals surface area contributed by atoms with Gasteiger partial charge in [0.15, 0.2) is 0 Å². The number of amides is 2. The molecule has 184 valence electrons. The van der Waals surface area contributed by atoms with Gasteiger partial charge < -0.3 is 10.2 Å². The largest absolute Gasteiger partial charge is 0.339 e. The highest BCUT2D eigenvalue weighted by atomic mass is 35.5. The molecule has 1 atom stereocenters. The second-order valence-corrected chi connectivity index (χ2v) is 11.0. The van der Waals surface area contributed by atoms with E-state index in [-0.39, 0.29) is 29.1 Å². The second-order valence-electron chi connectivity index (χ2n) is 8.20. The number of benzene rings is 2. The van der Waals surface area contributed by atoms with Gasteiger partial charge in [-0.1, -0.05) is 41.4 Å². The number of rotatable bonds is 8. The summed E-state index contributed by atoms with van der Waals surface area (Å²) >= 11 is 12.1. The van der Waals surface area contributed by atoms with Crippen LogP contribution in [0.5, 0.6) is 0 Å². The summed E-state index contributed by atoms with van der Waals surface area (Å²) in [6, 6.07) is 11.6. The Kier molecular flexibility index (Phi) is 8.98. The van der Waals surface area contributed by atoms with Crippen molar-refractivity contribution in [3.8, 4) is 0 Å². The summed E-state index contributed by atoms with van der Waals surface area (Å²) in [4.78, 5) is 27.6. The Morgan fingerprint density at radius 3 is 2.50 bits per heavy atom. The summed E-state index contributed by atoms with van der Waals surface area (Å²) in [5.74, 6) is -1.25. The van der Waals surface area contributed by atoms with Crippen molar-refractivity contribution >= 4 is 50.7 Å². The van der Waals surface area contributed by atoms with Crippen LogP contribution in [0.15, 0.2) is 42.5 Å². The van der Waals surface area contributed by atoms with Gasteiger partial charge in [-0.25, -0.2) is 12.7 Å². The lowest BCUT2D eigenvalue weighted by Gasteiger charge is -2.31. The maximum absolute atomic E-state index is 13.1. The van der Waals surface area contributed by atoms with Gasteiger partial charge in [0.25, 0.3) is 5.91 Å². The minimum atomic E-state index is -3.69. The standard InChI is InChI=1S/C24H29Cl2N3O4S/c1-3-28(4-2)24(31)20-9-5-6-10-22(20)27-23(30)17-8-7-13-29(15-17)34(32,33)16-18-11-12-19(25)14-21(18)26/h5-6,9-12,14,17H,3-4,7-8,13,15-16H2,1-2H3,(H,27,30)/t17-/m0/s1. The van der Waals surface area contributed by atoms with Crippen molar-refractivity contribution in [1.82, 2.24) is 9.21 Å². The molecular weight excluding hydrogens is 497 g/mol. The molecule has 0 unspecified atom stereocenters. The van der Waals surface area contributed by atoms with Gasteiger partial charge in [0.2, 0.25) is 15.9 Å². The lowest BCUT2D eigenvalue weighted by atomic mass is 9.98. The molecule has 0 aliphatic carbocycles. The summed E-state index contributed by atoms with van der Waals surface area (Å²) < 4.78 is 27.5. The van der Waals surface area contributed by atoms with Crippen LogP contribution in [0.1, 0.15) is 42.6 Å². The van der Waals surface area contributed by atoms with Crippen LogP contribution in [0.25, 0.3) is 0 Å². The third kappa shape index (κ3) is 6.30. The van der Waals surface area contributed by atoms with Gasteiger partial charge in [0.1, 0.15) is 0 Å². The van der Waals surface area contributed by atoms with Gasteiger partial charge in [-0.05, 0) is 56.5 Å². The molecule has 1 aliphatic heterocycles. The van der Waals surface area contributed by atoms with Crippen molar-refractivity contribution < 1.29 is 18.0 Å². The average Bonchev–Trinajstić information content (AvgIpc) is 2.82. The summed E-state index contributed by atoms with van der Waals surface area (Å²) in [6.07, 6.45) is 1.12. The first-order valence-corrected chi connectivity index (χ1v) is 13.6. The van der Waals surface area contributed by atoms with E-state index in [1.807, 2.05) is 13.8 Å². The van der Waals surface area contributed by atoms with E-state index in [4.69, 9.17) is 23.2 Å². The number of nitrogens with one attached hydrogen (secondary N) is 1. The van der Waals surface area contributed by atoms with Crippen LogP contribution in [-0.4, -0.2) is 55.6 Å². The number of nitrogens with zero attached hydrogens (tertiary/aromatic N) is 2. The number of piperidine rings is 1. The summed E-state index contributed by atoms with van der Waals surface area (Å²) in [5.41, 5.74) is 1.30. The highest BCUT2D eigenvalue weighted by Crippen LogP contribution is 2.27. The molecule has 1 aliphatic rings. The van der Waals surface area contributed by atoms with E-state index in [2.05, 4.69) is 5.32 Å². The van der Waals surface area contributed by atoms with E-state index in [1.54, 1.807) is 41.3 Å². The van der Waals surface area contributed by atoms with Crippen molar-refractivity contribution in [2.45, 2.75) is 32.4 Å². The Bertz CT molecular complexity index is 1150. The fraction of sp³-hybridized carbons (Fsp3) is 0.417. The van der Waals surface area contributed by atoms with Gasteiger partial charge in [-0.2, -0.15) is 0 Å². The Labute approximate surface area is 211 Å². The normalized spacial score (nSPS) is 16.8. The number of sulfonamides is 1. The van der Waals surface area contributed by atoms with Crippen LogP contribution in [0.4, 0.5) is 5.69 Å². The first kappa shape index (κ1) is 26.5. The smallest absolute Gasteiger partial charge is 0.255 e. The van der Waals surface area contributed by atoms with Crippen molar-refractivity contribution in [3.05, 3.63) is 63.6 Å². The van der Waals surface area contributed by atoms with Crippen molar-refractivity contribution in [1.29, 1.82) is 0 Å². The van der Waals surface area contributed by atoms with E-state index in [9.17, 15) is 18.0 Å². The molecule has 0 radical (unpaired) electrons. The molecule has 3 rings (SSSR count). The van der Waals surface area contributed by atoms with Crippen LogP contribution < -0.4 is 5.32 Å². The van der Waals surface area contributed by atoms with E-state index >= 15 is 0 Å². The zero-order chi connectivity index (χ0) is 24.9. The number of halogens is 2. The fourth-order valence-corrected chi connectivity index (χ4v) is 6.23. The molecule has 2 aromatic rings. The van der Waals surface area contributed by atoms with Crippen LogP contribution in [0, 0.1) is 5.92 Å². The third-order valence-electron chi connectivity index (χ3n) is 5.97. The minimum Gasteiger partial charge on any atom is -0.339 e. The molecule has 0 saturated carbocycles. The van der Waals surface area contributed by atoms with Crippen LogP contribution in [0.2, 0.25) is 10.0 Å². The predicted octanol–water partition coefficient (Wildman–Crippen LogP) is 4.66. The van der Waals surface area contributed by atoms with E-state index in [0.717, 1.165) is 0 Å². The predicted molar refractivity (Wildman–Crippen MR) is 136 cm³/mol. The minimum absolute atomic E-state index is 0.0749. The SMILES string of the molecule is CCN(CC)C(=O)c1ccccc1NC(=O)[C@H]1CCCN(S(=O)(=O)Cc2ccc(Cl)cc2Cl)C1. The zero-order valence-electron chi connectivity index (χ0n) is 19.3. The Balaban J connectivity index is 1.72. The number of hydrogen-bond donors (Lipinski definition) is 1. The average molecular weight is 526 g/mol. The first-order chi connectivity index (χ1) is 16.2. The summed E-state index contributed by atoms with van der Waals surface area (Å²) in [5, 5.41) is 3.58. The van der Waals surface area contributed by atoms with E-state index < -0.39 is 15.9 Å². The molecule has 0 bridgehead atoms. The Morgan fingerprint density at radius 1 is 1.12 bits per heavy atom. The van der Waals surface area contributed by atoms with Crippen molar-refractivity contribution in [2.75, 3.05) is 31.5 Å². The van der Waals surface area contributed by atoms with Crippen molar-refractivity contribution in [2.24, 2.45) is 5.92 Å². The molecule has 0 aromatic heterocycles. The lowest BCUT2D eigenvalue weighted by Crippen LogP contribution is -2.44. The maximum Gasteiger partial charge on any atom is 0.255 e. The summed E-state index contributed by atoms with van der Waals surface area (Å²) in [6.45, 7) is 5.34. The molecule has 7 nitrogen and oxygen atoms in total. The van der Waals surface area contributed by atoms with Gasteiger partial charge >= 0.3 is 0 Å². The van der Waals surface area contributed by atoms with Crippen LogP contribution >= 0.6 is 23.2 Å². The number of anilines is 1. The van der Waals surface area contributed by atoms with Crippen LogP contribution in [0.3, 0.4) is 0 Å². The topological polar surface area (TPSA) is 86.8 Å². The lowest BCUT2D eigenvalue weighted by molar-refractivity contribution is -0.120. The molecular formula is C24H29Cl2N3O4S. The molecule has 2 amide bonds. The molecule has 1 N–H and O–H groups in total. The van der Waals surface area contributed by atoms with Crippen molar-refractivity contribution in [3.63, 3.8) is 0 Å². The van der Waals surface area contributed by atoms with Gasteiger partial charge in [-0.3, -0.25) is 9.59 Å². The van der Waals surface area contributed by atoms with Gasteiger partial charge in [0.05, 0.1) is 22.9 Å². The van der Waals surface area contributed by atoms with Gasteiger partial charge in [0, 0.05) is 36.2 Å². The zero-order valence-corrected chi connectivity index (χ0v) is 21.6. The third-order valence-corrected chi connectivity index (χ3v) is 8.35. The maximum atomic E-state index is 13.1. The molecule has 1 heterocycles. The Morgan fingerprint density at radius 2 is 1.82 bits per heavy atom. The Hall–Kier alpha value is -2.13. The fourth-order valence-electron chi connectivity index (χ4n) is 4.03. The quantitative estimate of drug-likeness (QED) is 0.543. The number of carbonyl (C=O) groups is 2. The molecule has 2 aromatic carbocycles. The number of carbonyl (C=O) groups excluding carboxylic acids is 2. The van der Waals surface area contributed by atoms with E-state index in [1.165, 1.54) is 10.4 Å². The molecule has 1 saturated heterocycles. The second kappa shape index (κ2) is 11.5. The monoisotopic (exact) mass is 525 g/mol.